The van der Waals surface area contributed by atoms with E-state index in [1.165, 1.54) is 53.7 Å². The molecule has 0 saturated heterocycles. The maximum atomic E-state index is 10.9. The van der Waals surface area contributed by atoms with Gasteiger partial charge in [-0.2, -0.15) is 0 Å². The van der Waals surface area contributed by atoms with E-state index in [0.717, 1.165) is 38.0 Å². The molecule has 1 rings (SSSR count). The molecule has 1 aliphatic carbocycles. The van der Waals surface area contributed by atoms with Crippen LogP contribution in [0.2, 0.25) is 0 Å². The normalized spacial score (nSPS) is 20.9. The number of unbranched alkanes of at least 4 members (excludes halogenated alkanes) is 2. The van der Waals surface area contributed by atoms with Gasteiger partial charge in [0.15, 0.2) is 0 Å². The molecule has 14 N–H and O–H groups in total. The van der Waals surface area contributed by atoms with E-state index >= 15 is 0 Å². The van der Waals surface area contributed by atoms with Gasteiger partial charge in [-0.15, -0.1) is 0 Å². The third-order valence-electron chi connectivity index (χ3n) is 7.73. The fourth-order valence-corrected chi connectivity index (χ4v) is 7.43. The molecule has 7 unspecified atom stereocenters. The van der Waals surface area contributed by atoms with Gasteiger partial charge in [0.1, 0.15) is 31.1 Å². The largest absolute Gasteiger partial charge is 0.379 e. The number of aliphatic hydroxyl groups excluding tert-OH is 5. The third kappa shape index (κ3) is 19.4. The van der Waals surface area contributed by atoms with Crippen molar-refractivity contribution in [1.29, 1.82) is 0 Å². The lowest BCUT2D eigenvalue weighted by atomic mass is 9.79. The summed E-state index contributed by atoms with van der Waals surface area (Å²) in [6.45, 7) is 3.54. The molecule has 13 heteroatoms. The van der Waals surface area contributed by atoms with E-state index in [-0.39, 0.29) is 6.04 Å². The zero-order valence-electron chi connectivity index (χ0n) is 24.5. The van der Waals surface area contributed by atoms with Crippen molar-refractivity contribution in [2.45, 2.75) is 134 Å². The first-order chi connectivity index (χ1) is 19.1. The van der Waals surface area contributed by atoms with Crippen molar-refractivity contribution in [3.8, 4) is 0 Å². The van der Waals surface area contributed by atoms with Crippen LogP contribution in [0.25, 0.3) is 0 Å². The quantitative estimate of drug-likeness (QED) is 0.0389. The van der Waals surface area contributed by atoms with Gasteiger partial charge in [0.25, 0.3) is 0 Å². The van der Waals surface area contributed by atoms with E-state index in [0.29, 0.717) is 49.8 Å². The molecule has 0 bridgehead atoms. The van der Waals surface area contributed by atoms with Crippen molar-refractivity contribution < 1.29 is 25.5 Å². The van der Waals surface area contributed by atoms with Gasteiger partial charge in [-0.3, -0.25) is 16.0 Å². The molecule has 0 heterocycles. The minimum absolute atomic E-state index is 0.379. The van der Waals surface area contributed by atoms with Gasteiger partial charge >= 0.3 is 0 Å². The Morgan fingerprint density at radius 3 is 2.00 bits per heavy atom. The van der Waals surface area contributed by atoms with Gasteiger partial charge in [-0.25, -0.2) is 0 Å². The van der Waals surface area contributed by atoms with E-state index in [2.05, 4.69) is 22.9 Å². The minimum atomic E-state index is -1.07. The van der Waals surface area contributed by atoms with Crippen LogP contribution in [0.1, 0.15) is 90.4 Å². The highest BCUT2D eigenvalue weighted by Crippen LogP contribution is 2.32. The summed E-state index contributed by atoms with van der Waals surface area (Å²) >= 11 is 0. The smallest absolute Gasteiger partial charge is 0.121 e. The fourth-order valence-electron chi connectivity index (χ4n) is 4.97. The Labute approximate surface area is 250 Å². The first-order valence-corrected chi connectivity index (χ1v) is 17.7. The van der Waals surface area contributed by atoms with Crippen molar-refractivity contribution in [1.82, 2.24) is 16.0 Å². The van der Waals surface area contributed by atoms with E-state index in [4.69, 9.17) is 22.3 Å². The highest BCUT2D eigenvalue weighted by Gasteiger charge is 2.24. The van der Waals surface area contributed by atoms with Crippen molar-refractivity contribution in [2.75, 3.05) is 24.6 Å². The van der Waals surface area contributed by atoms with Crippen LogP contribution in [-0.2, 0) is 0 Å². The highest BCUT2D eigenvalue weighted by molar-refractivity contribution is 8.76. The van der Waals surface area contributed by atoms with E-state index in [1.807, 2.05) is 0 Å². The molecule has 40 heavy (non-hydrogen) atoms. The molecule has 0 aromatic heterocycles. The van der Waals surface area contributed by atoms with E-state index in [1.54, 1.807) is 0 Å². The summed E-state index contributed by atoms with van der Waals surface area (Å²) in [5.74, 6) is 2.34. The van der Waals surface area contributed by atoms with Crippen LogP contribution in [0.3, 0.4) is 0 Å². The van der Waals surface area contributed by atoms with Crippen molar-refractivity contribution >= 4 is 21.6 Å². The van der Waals surface area contributed by atoms with Gasteiger partial charge in [0.2, 0.25) is 0 Å². The van der Waals surface area contributed by atoms with Gasteiger partial charge in [0.05, 0.1) is 12.1 Å². The number of hydrogen-bond acceptors (Lipinski definition) is 13. The zero-order chi connectivity index (χ0) is 29.8. The Bertz CT molecular complexity index is 596. The fraction of sp³-hybridized carbons (Fsp3) is 1.00. The second-order valence-electron chi connectivity index (χ2n) is 11.4. The summed E-state index contributed by atoms with van der Waals surface area (Å²) in [6.07, 6.45) is 8.52. The molecule has 0 aromatic rings. The maximum absolute atomic E-state index is 10.9. The maximum Gasteiger partial charge on any atom is 0.121 e. The molecule has 0 aromatic carbocycles. The molecular formula is C27H60N6O5S2. The van der Waals surface area contributed by atoms with Gasteiger partial charge in [-0.05, 0) is 76.3 Å². The summed E-state index contributed by atoms with van der Waals surface area (Å²) in [5, 5.41) is 59.6. The third-order valence-corrected chi connectivity index (χ3v) is 10.2. The predicted octanol–water partition coefficient (Wildman–Crippen LogP) is 0.679. The Kier molecular flexibility index (Phi) is 22.7. The summed E-state index contributed by atoms with van der Waals surface area (Å²) < 4.78 is 0. The Morgan fingerprint density at radius 1 is 0.725 bits per heavy atom. The first-order valence-electron chi connectivity index (χ1n) is 15.2. The molecule has 1 fully saturated rings. The van der Waals surface area contributed by atoms with Crippen molar-refractivity contribution in [2.24, 2.45) is 29.0 Å². The van der Waals surface area contributed by atoms with Gasteiger partial charge in [0, 0.05) is 11.5 Å². The average molecular weight is 613 g/mol. The van der Waals surface area contributed by atoms with Gasteiger partial charge in [-0.1, -0.05) is 60.6 Å². The number of nitrogens with two attached hydrogens (primary N) is 3. The lowest BCUT2D eigenvalue weighted by molar-refractivity contribution is 0.0470. The Morgan fingerprint density at radius 2 is 1.35 bits per heavy atom. The van der Waals surface area contributed by atoms with Crippen LogP contribution >= 0.6 is 21.6 Å². The van der Waals surface area contributed by atoms with Gasteiger partial charge < -0.3 is 42.7 Å². The highest BCUT2D eigenvalue weighted by atomic mass is 33.1. The SMILES string of the molecule is CC(CCC(O)N[C@@H](CSSCC(N)C(N)O)C(O)NCCCCC(O)NCCCCC(N)O)C1CCCCC1. The Hall–Kier alpha value is 0.260. The molecule has 1 saturated carbocycles. The molecule has 11 nitrogen and oxygen atoms in total. The molecule has 0 amide bonds. The van der Waals surface area contributed by atoms with E-state index < -0.39 is 37.2 Å². The molecule has 8 atom stereocenters. The second kappa shape index (κ2) is 23.7. The molecular weight excluding hydrogens is 552 g/mol. The number of rotatable bonds is 25. The van der Waals surface area contributed by atoms with Crippen LogP contribution in [0.4, 0.5) is 0 Å². The standard InChI is InChI=1S/C27H60N6O5S2/c1-19(20-9-3-2-4-10-20)13-14-25(36)33-22(18-40-39-17-21(28)26(30)37)27(38)32-16-8-6-12-24(35)31-15-7-5-11-23(29)34/h19-27,31-38H,2-18,28-30H2,1H3/t19?,21?,22-,23?,24?,25?,26?,27?/m0/s1. The predicted molar refractivity (Wildman–Crippen MR) is 167 cm³/mol. The summed E-state index contributed by atoms with van der Waals surface area (Å²) in [7, 11) is 3.00. The van der Waals surface area contributed by atoms with Crippen LogP contribution in [0, 0.1) is 11.8 Å². The summed E-state index contributed by atoms with van der Waals surface area (Å²) in [6, 6.07) is -0.904. The lowest BCUT2D eigenvalue weighted by Gasteiger charge is -2.30. The Balaban J connectivity index is 2.38. The zero-order valence-corrected chi connectivity index (χ0v) is 26.1. The first kappa shape index (κ1) is 38.3. The minimum Gasteiger partial charge on any atom is -0.379 e. The summed E-state index contributed by atoms with van der Waals surface area (Å²) in [5.41, 5.74) is 16.6. The molecule has 0 spiro atoms. The second-order valence-corrected chi connectivity index (χ2v) is 13.9. The van der Waals surface area contributed by atoms with Crippen LogP contribution < -0.4 is 33.2 Å². The number of nitrogens with one attached hydrogen (secondary N) is 3. The number of aliphatic hydroxyl groups is 5. The van der Waals surface area contributed by atoms with E-state index in [9.17, 15) is 20.4 Å². The number of hydrogen-bond donors (Lipinski definition) is 11. The lowest BCUT2D eigenvalue weighted by Crippen LogP contribution is -2.53. The van der Waals surface area contributed by atoms with Crippen LogP contribution in [0.15, 0.2) is 0 Å². The summed E-state index contributed by atoms with van der Waals surface area (Å²) in [4.78, 5) is 0. The molecule has 1 aliphatic rings. The van der Waals surface area contributed by atoms with Crippen LogP contribution in [0.5, 0.6) is 0 Å². The van der Waals surface area contributed by atoms with Crippen molar-refractivity contribution in [3.63, 3.8) is 0 Å². The molecule has 240 valence electrons. The molecule has 0 radical (unpaired) electrons. The topological polar surface area (TPSA) is 215 Å². The molecule has 0 aliphatic heterocycles. The monoisotopic (exact) mass is 612 g/mol. The van der Waals surface area contributed by atoms with Crippen LogP contribution in [-0.4, -0.2) is 93.4 Å². The average Bonchev–Trinajstić information content (AvgIpc) is 2.92. The van der Waals surface area contributed by atoms with Crippen molar-refractivity contribution in [3.05, 3.63) is 0 Å².